The van der Waals surface area contributed by atoms with Crippen molar-refractivity contribution in [2.24, 2.45) is 5.92 Å². The maximum absolute atomic E-state index is 13.0. The number of fused-ring (bicyclic) bond motifs is 1. The van der Waals surface area contributed by atoms with E-state index in [9.17, 15) is 4.79 Å². The molecule has 1 saturated heterocycles. The van der Waals surface area contributed by atoms with E-state index in [0.29, 0.717) is 18.2 Å². The summed E-state index contributed by atoms with van der Waals surface area (Å²) in [5, 5.41) is 4.58. The number of carbonyl (C=O) groups is 1. The molecule has 0 spiro atoms. The van der Waals surface area contributed by atoms with Gasteiger partial charge in [0.2, 0.25) is 0 Å². The van der Waals surface area contributed by atoms with Gasteiger partial charge in [0.05, 0.1) is 6.54 Å². The summed E-state index contributed by atoms with van der Waals surface area (Å²) in [7, 11) is 0. The number of carbonyl (C=O) groups excluding carboxylic acids is 1. The highest BCUT2D eigenvalue weighted by Crippen LogP contribution is 2.25. The van der Waals surface area contributed by atoms with Crippen molar-refractivity contribution in [3.8, 4) is 5.75 Å². The van der Waals surface area contributed by atoms with E-state index in [1.54, 1.807) is 12.4 Å². The quantitative estimate of drug-likeness (QED) is 0.657. The summed E-state index contributed by atoms with van der Waals surface area (Å²) in [5.74, 6) is 1.52. The maximum atomic E-state index is 13.0. The van der Waals surface area contributed by atoms with Crippen LogP contribution in [0.15, 0.2) is 60.9 Å². The normalized spacial score (nSPS) is 18.9. The van der Waals surface area contributed by atoms with E-state index in [4.69, 9.17) is 4.74 Å². The number of hydrogen-bond acceptors (Lipinski definition) is 4. The Hall–Kier alpha value is -3.15. The van der Waals surface area contributed by atoms with Gasteiger partial charge in [-0.3, -0.25) is 14.5 Å². The fourth-order valence-electron chi connectivity index (χ4n) is 4.51. The predicted octanol–water partition coefficient (Wildman–Crippen LogP) is 3.38. The smallest absolute Gasteiger partial charge is 0.274 e. The molecular formula is C24H26N4O2. The predicted molar refractivity (Wildman–Crippen MR) is 113 cm³/mol. The van der Waals surface area contributed by atoms with Crippen LogP contribution in [0.2, 0.25) is 0 Å². The van der Waals surface area contributed by atoms with Gasteiger partial charge in [0.25, 0.3) is 5.91 Å². The number of aromatic nitrogens is 3. The highest BCUT2D eigenvalue weighted by molar-refractivity contribution is 5.92. The van der Waals surface area contributed by atoms with Crippen LogP contribution in [0.25, 0.3) is 0 Å². The van der Waals surface area contributed by atoms with Gasteiger partial charge in [-0.15, -0.1) is 0 Å². The molecule has 5 rings (SSSR count). The number of amides is 1. The number of rotatable bonds is 5. The van der Waals surface area contributed by atoms with E-state index >= 15 is 0 Å². The topological polar surface area (TPSA) is 60.3 Å². The first-order valence-electron chi connectivity index (χ1n) is 10.7. The Labute approximate surface area is 176 Å². The Bertz CT molecular complexity index is 971. The lowest BCUT2D eigenvalue weighted by molar-refractivity contribution is 0.0683. The average Bonchev–Trinajstić information content (AvgIpc) is 3.34. The van der Waals surface area contributed by atoms with Crippen molar-refractivity contribution in [1.29, 1.82) is 0 Å². The number of piperidine rings is 1. The highest BCUT2D eigenvalue weighted by atomic mass is 16.5. The first-order chi connectivity index (χ1) is 14.7. The van der Waals surface area contributed by atoms with Crippen LogP contribution < -0.4 is 4.74 Å². The molecule has 0 radical (unpaired) electrons. The second-order valence-electron chi connectivity index (χ2n) is 8.26. The van der Waals surface area contributed by atoms with Crippen LogP contribution >= 0.6 is 0 Å². The lowest BCUT2D eigenvalue weighted by Gasteiger charge is -2.31. The zero-order chi connectivity index (χ0) is 20.3. The molecule has 2 aliphatic heterocycles. The fourth-order valence-corrected chi connectivity index (χ4v) is 4.51. The number of pyridine rings is 1. The summed E-state index contributed by atoms with van der Waals surface area (Å²) >= 11 is 0. The van der Waals surface area contributed by atoms with E-state index in [-0.39, 0.29) is 12.0 Å². The van der Waals surface area contributed by atoms with Crippen LogP contribution in [0.5, 0.6) is 5.75 Å². The van der Waals surface area contributed by atoms with Gasteiger partial charge >= 0.3 is 0 Å². The summed E-state index contributed by atoms with van der Waals surface area (Å²) in [5.41, 5.74) is 3.02. The van der Waals surface area contributed by atoms with Gasteiger partial charge in [0, 0.05) is 37.6 Å². The lowest BCUT2D eigenvalue weighted by Crippen LogP contribution is -2.39. The molecular weight excluding hydrogens is 376 g/mol. The van der Waals surface area contributed by atoms with Gasteiger partial charge in [-0.2, -0.15) is 5.10 Å². The van der Waals surface area contributed by atoms with Crippen molar-refractivity contribution in [3.63, 3.8) is 0 Å². The van der Waals surface area contributed by atoms with Gasteiger partial charge in [-0.1, -0.05) is 30.3 Å². The maximum Gasteiger partial charge on any atom is 0.274 e. The molecule has 1 fully saturated rings. The summed E-state index contributed by atoms with van der Waals surface area (Å²) < 4.78 is 7.92. The molecule has 4 heterocycles. The molecule has 154 valence electrons. The number of benzene rings is 1. The SMILES string of the molecule is O=C(c1cc2n(n1)C[C@@H](Oc1ccncc1)C2)N1CCC(Cc2ccccc2)CC1. The van der Waals surface area contributed by atoms with Crippen LogP contribution in [-0.4, -0.2) is 44.8 Å². The number of ether oxygens (including phenoxy) is 1. The third-order valence-corrected chi connectivity index (χ3v) is 6.12. The summed E-state index contributed by atoms with van der Waals surface area (Å²) in [6, 6.07) is 16.3. The van der Waals surface area contributed by atoms with Crippen molar-refractivity contribution < 1.29 is 9.53 Å². The first-order valence-corrected chi connectivity index (χ1v) is 10.7. The van der Waals surface area contributed by atoms with Crippen molar-refractivity contribution >= 4 is 5.91 Å². The molecule has 0 N–H and O–H groups in total. The van der Waals surface area contributed by atoms with Crippen molar-refractivity contribution in [3.05, 3.63) is 77.9 Å². The third-order valence-electron chi connectivity index (χ3n) is 6.12. The first kappa shape index (κ1) is 18.9. The minimum Gasteiger partial charge on any atom is -0.488 e. The second kappa shape index (κ2) is 8.30. The summed E-state index contributed by atoms with van der Waals surface area (Å²) in [6.07, 6.45) is 7.47. The van der Waals surface area contributed by atoms with Gasteiger partial charge < -0.3 is 9.64 Å². The Balaban J connectivity index is 1.15. The molecule has 0 unspecified atom stereocenters. The highest BCUT2D eigenvalue weighted by Gasteiger charge is 2.29. The molecule has 30 heavy (non-hydrogen) atoms. The minimum atomic E-state index is 0.0489. The van der Waals surface area contributed by atoms with E-state index in [1.807, 2.05) is 27.8 Å². The molecule has 2 aromatic heterocycles. The van der Waals surface area contributed by atoms with Crippen LogP contribution in [0.1, 0.15) is 34.6 Å². The van der Waals surface area contributed by atoms with Crippen LogP contribution in [-0.2, 0) is 19.4 Å². The van der Waals surface area contributed by atoms with Gasteiger partial charge in [0.1, 0.15) is 11.9 Å². The molecule has 6 heteroatoms. The number of likely N-dealkylation sites (tertiary alicyclic amines) is 1. The molecule has 1 amide bonds. The number of nitrogens with zero attached hydrogens (tertiary/aromatic N) is 4. The van der Waals surface area contributed by atoms with Gasteiger partial charge in [-0.05, 0) is 48.9 Å². The molecule has 2 aliphatic rings. The molecule has 0 saturated carbocycles. The largest absolute Gasteiger partial charge is 0.488 e. The van der Waals surface area contributed by atoms with E-state index in [2.05, 4.69) is 40.4 Å². The lowest BCUT2D eigenvalue weighted by atomic mass is 9.90. The average molecular weight is 402 g/mol. The molecule has 1 aromatic carbocycles. The molecule has 0 bridgehead atoms. The molecule has 6 nitrogen and oxygen atoms in total. The molecule has 1 atom stereocenters. The molecule has 3 aromatic rings. The van der Waals surface area contributed by atoms with E-state index in [1.165, 1.54) is 5.56 Å². The Kier molecular flexibility index (Phi) is 5.22. The van der Waals surface area contributed by atoms with Gasteiger partial charge in [0.15, 0.2) is 5.69 Å². The van der Waals surface area contributed by atoms with Crippen LogP contribution in [0, 0.1) is 5.92 Å². The zero-order valence-electron chi connectivity index (χ0n) is 17.0. The van der Waals surface area contributed by atoms with Crippen LogP contribution in [0.4, 0.5) is 0 Å². The Morgan fingerprint density at radius 1 is 1.07 bits per heavy atom. The van der Waals surface area contributed by atoms with Crippen LogP contribution in [0.3, 0.4) is 0 Å². The standard InChI is InChI=1S/C24H26N4O2/c29-24(27-12-8-19(9-13-27)14-18-4-2-1-3-5-18)23-16-20-15-22(17-28(20)26-23)30-21-6-10-25-11-7-21/h1-7,10-11,16,19,22H,8-9,12-15,17H2/t22-/m0/s1. The Morgan fingerprint density at radius 2 is 1.83 bits per heavy atom. The minimum absolute atomic E-state index is 0.0489. The van der Waals surface area contributed by atoms with Crippen molar-refractivity contribution in [2.75, 3.05) is 13.1 Å². The van der Waals surface area contributed by atoms with Gasteiger partial charge in [-0.25, -0.2) is 0 Å². The summed E-state index contributed by atoms with van der Waals surface area (Å²) in [6.45, 7) is 2.29. The van der Waals surface area contributed by atoms with E-state index in [0.717, 1.165) is 50.2 Å². The third kappa shape index (κ3) is 4.08. The summed E-state index contributed by atoms with van der Waals surface area (Å²) in [4.78, 5) is 18.9. The Morgan fingerprint density at radius 3 is 2.57 bits per heavy atom. The monoisotopic (exact) mass is 402 g/mol. The second-order valence-corrected chi connectivity index (χ2v) is 8.26. The van der Waals surface area contributed by atoms with E-state index < -0.39 is 0 Å². The van der Waals surface area contributed by atoms with Crippen molar-refractivity contribution in [1.82, 2.24) is 19.7 Å². The zero-order valence-corrected chi connectivity index (χ0v) is 17.0. The van der Waals surface area contributed by atoms with Crippen molar-refractivity contribution in [2.45, 2.75) is 38.3 Å². The fraction of sp³-hybridized carbons (Fsp3) is 0.375. The number of hydrogen-bond donors (Lipinski definition) is 0. The molecule has 0 aliphatic carbocycles.